The Morgan fingerprint density at radius 1 is 1.55 bits per heavy atom. The van der Waals surface area contributed by atoms with Crippen molar-refractivity contribution in [3.05, 3.63) is 5.57 Å². The zero-order valence-electron chi connectivity index (χ0n) is 6.33. The average Bonchev–Trinajstić information content (AvgIpc) is 1.85. The van der Waals surface area contributed by atoms with Gasteiger partial charge in [-0.15, -0.1) is 0 Å². The first kappa shape index (κ1) is 7.85. The van der Waals surface area contributed by atoms with Crippen molar-refractivity contribution in [2.75, 3.05) is 0 Å². The number of nitrogens with zero attached hydrogens (tertiary/aromatic N) is 2. The SMILES string of the molecule is CC1=NC(O)C(=C=O)C(C)=N1. The summed E-state index contributed by atoms with van der Waals surface area (Å²) in [5.74, 6) is 2.08. The highest BCUT2D eigenvalue weighted by Crippen LogP contribution is 2.09. The third-order valence-corrected chi connectivity index (χ3v) is 1.40. The molecule has 1 aliphatic rings. The number of aliphatic hydroxyl groups excluding tert-OH is 1. The van der Waals surface area contributed by atoms with Crippen LogP contribution in [0.1, 0.15) is 13.8 Å². The van der Waals surface area contributed by atoms with Crippen LogP contribution in [-0.2, 0) is 4.79 Å². The van der Waals surface area contributed by atoms with Gasteiger partial charge in [0.05, 0.1) is 5.71 Å². The van der Waals surface area contributed by atoms with E-state index in [1.54, 1.807) is 19.8 Å². The first-order valence-corrected chi connectivity index (χ1v) is 3.18. The molecule has 0 amide bonds. The molecule has 0 aliphatic carbocycles. The van der Waals surface area contributed by atoms with E-state index in [1.165, 1.54) is 0 Å². The topological polar surface area (TPSA) is 62.0 Å². The van der Waals surface area contributed by atoms with Crippen LogP contribution in [0.25, 0.3) is 0 Å². The van der Waals surface area contributed by atoms with Gasteiger partial charge in [0.2, 0.25) is 0 Å². The number of rotatable bonds is 0. The van der Waals surface area contributed by atoms with Crippen LogP contribution in [0.5, 0.6) is 0 Å². The van der Waals surface area contributed by atoms with Crippen LogP contribution < -0.4 is 0 Å². The van der Waals surface area contributed by atoms with Crippen LogP contribution in [0.2, 0.25) is 0 Å². The highest BCUT2D eigenvalue weighted by atomic mass is 16.3. The van der Waals surface area contributed by atoms with Crippen molar-refractivity contribution in [2.24, 2.45) is 9.98 Å². The summed E-state index contributed by atoms with van der Waals surface area (Å²) in [6, 6.07) is 0. The molecule has 0 fully saturated rings. The fourth-order valence-electron chi connectivity index (χ4n) is 0.887. The monoisotopic (exact) mass is 152 g/mol. The molecule has 4 heteroatoms. The predicted octanol–water partition coefficient (Wildman–Crippen LogP) is -0.0443. The Morgan fingerprint density at radius 2 is 2.18 bits per heavy atom. The molecule has 1 unspecified atom stereocenters. The average molecular weight is 152 g/mol. The van der Waals surface area contributed by atoms with E-state index >= 15 is 0 Å². The second-order valence-electron chi connectivity index (χ2n) is 2.26. The summed E-state index contributed by atoms with van der Waals surface area (Å²) >= 11 is 0. The molecule has 4 nitrogen and oxygen atoms in total. The maximum atomic E-state index is 10.2. The third-order valence-electron chi connectivity index (χ3n) is 1.40. The van der Waals surface area contributed by atoms with E-state index in [9.17, 15) is 4.79 Å². The number of aliphatic hydroxyl groups is 1. The van der Waals surface area contributed by atoms with E-state index in [-0.39, 0.29) is 5.57 Å². The zero-order chi connectivity index (χ0) is 8.43. The summed E-state index contributed by atoms with van der Waals surface area (Å²) < 4.78 is 0. The lowest BCUT2D eigenvalue weighted by molar-refractivity contribution is 0.227. The molecule has 0 radical (unpaired) electrons. The first-order valence-electron chi connectivity index (χ1n) is 3.18. The molecular formula is C7H8N2O2. The molecule has 1 aliphatic heterocycles. The van der Waals surface area contributed by atoms with E-state index in [1.807, 2.05) is 0 Å². The number of aliphatic imine (C=N–C) groups is 2. The first-order chi connectivity index (χ1) is 5.15. The van der Waals surface area contributed by atoms with Gasteiger partial charge < -0.3 is 5.11 Å². The molecule has 11 heavy (non-hydrogen) atoms. The van der Waals surface area contributed by atoms with Crippen molar-refractivity contribution >= 4 is 17.5 Å². The molecular weight excluding hydrogens is 144 g/mol. The second kappa shape index (κ2) is 2.78. The summed E-state index contributed by atoms with van der Waals surface area (Å²) in [7, 11) is 0. The molecule has 1 atom stereocenters. The van der Waals surface area contributed by atoms with Gasteiger partial charge in [-0.3, -0.25) is 0 Å². The van der Waals surface area contributed by atoms with Gasteiger partial charge in [-0.2, -0.15) is 0 Å². The van der Waals surface area contributed by atoms with Gasteiger partial charge in [0.25, 0.3) is 0 Å². The van der Waals surface area contributed by atoms with Crippen LogP contribution in [0.4, 0.5) is 0 Å². The Bertz CT molecular complexity index is 285. The minimum atomic E-state index is -1.08. The van der Waals surface area contributed by atoms with E-state index in [0.717, 1.165) is 0 Å². The highest BCUT2D eigenvalue weighted by molar-refractivity contribution is 6.12. The lowest BCUT2D eigenvalue weighted by Gasteiger charge is -2.12. The lowest BCUT2D eigenvalue weighted by atomic mass is 10.1. The Balaban J connectivity index is 3.10. The van der Waals surface area contributed by atoms with Gasteiger partial charge in [0.1, 0.15) is 17.4 Å². The van der Waals surface area contributed by atoms with Crippen molar-refractivity contribution in [3.63, 3.8) is 0 Å². The number of carbonyl (C=O) groups excluding carboxylic acids is 1. The molecule has 0 saturated heterocycles. The molecule has 0 aromatic heterocycles. The minimum Gasteiger partial charge on any atom is -0.367 e. The Hall–Kier alpha value is -1.25. The van der Waals surface area contributed by atoms with Crippen molar-refractivity contribution in [3.8, 4) is 0 Å². The molecule has 1 heterocycles. The molecule has 0 spiro atoms. The Morgan fingerprint density at radius 3 is 2.64 bits per heavy atom. The largest absolute Gasteiger partial charge is 0.367 e. The van der Waals surface area contributed by atoms with Crippen LogP contribution >= 0.6 is 0 Å². The number of hydrogen-bond donors (Lipinski definition) is 1. The van der Waals surface area contributed by atoms with Crippen LogP contribution in [-0.4, -0.2) is 28.8 Å². The van der Waals surface area contributed by atoms with Crippen LogP contribution in [0.15, 0.2) is 15.6 Å². The van der Waals surface area contributed by atoms with Crippen molar-refractivity contribution in [2.45, 2.75) is 20.1 Å². The maximum Gasteiger partial charge on any atom is 0.185 e. The zero-order valence-corrected chi connectivity index (χ0v) is 6.33. The van der Waals surface area contributed by atoms with Gasteiger partial charge >= 0.3 is 0 Å². The summed E-state index contributed by atoms with van der Waals surface area (Å²) in [4.78, 5) is 17.8. The molecule has 0 aromatic rings. The molecule has 0 saturated carbocycles. The summed E-state index contributed by atoms with van der Waals surface area (Å²) in [5, 5.41) is 9.14. The Kier molecular flexibility index (Phi) is 1.98. The fraction of sp³-hybridized carbons (Fsp3) is 0.429. The molecule has 0 bridgehead atoms. The normalized spacial score (nSPS) is 23.9. The minimum absolute atomic E-state index is 0.121. The predicted molar refractivity (Wildman–Crippen MR) is 41.4 cm³/mol. The molecule has 1 N–H and O–H groups in total. The molecule has 0 aromatic carbocycles. The van der Waals surface area contributed by atoms with E-state index in [2.05, 4.69) is 9.98 Å². The lowest BCUT2D eigenvalue weighted by Crippen LogP contribution is -2.21. The summed E-state index contributed by atoms with van der Waals surface area (Å²) in [6.45, 7) is 3.30. The quantitative estimate of drug-likeness (QED) is 0.495. The van der Waals surface area contributed by atoms with Crippen molar-refractivity contribution in [1.82, 2.24) is 0 Å². The number of amidine groups is 1. The van der Waals surface area contributed by atoms with Crippen molar-refractivity contribution < 1.29 is 9.90 Å². The second-order valence-corrected chi connectivity index (χ2v) is 2.26. The van der Waals surface area contributed by atoms with Gasteiger partial charge in [-0.25, -0.2) is 14.8 Å². The molecule has 58 valence electrons. The molecule has 1 rings (SSSR count). The van der Waals surface area contributed by atoms with Crippen LogP contribution in [0, 0.1) is 0 Å². The van der Waals surface area contributed by atoms with Gasteiger partial charge in [-0.05, 0) is 13.8 Å². The number of hydrogen-bond acceptors (Lipinski definition) is 4. The standard InChI is InChI=1S/C7H8N2O2/c1-4-6(3-10)7(11)9-5(2)8-4/h7,11H,1-2H3. The van der Waals surface area contributed by atoms with E-state index in [0.29, 0.717) is 11.5 Å². The summed E-state index contributed by atoms with van der Waals surface area (Å²) in [5.41, 5.74) is 0.607. The Labute approximate surface area is 64.0 Å². The van der Waals surface area contributed by atoms with Gasteiger partial charge in [0, 0.05) is 0 Å². The third kappa shape index (κ3) is 1.42. The highest BCUT2D eigenvalue weighted by Gasteiger charge is 2.18. The van der Waals surface area contributed by atoms with Crippen molar-refractivity contribution in [1.29, 1.82) is 0 Å². The van der Waals surface area contributed by atoms with Crippen LogP contribution in [0.3, 0.4) is 0 Å². The van der Waals surface area contributed by atoms with Gasteiger partial charge in [-0.1, -0.05) is 0 Å². The fourth-order valence-corrected chi connectivity index (χ4v) is 0.887. The van der Waals surface area contributed by atoms with E-state index in [4.69, 9.17) is 5.11 Å². The summed E-state index contributed by atoms with van der Waals surface area (Å²) in [6.07, 6.45) is -1.08. The maximum absolute atomic E-state index is 10.2. The van der Waals surface area contributed by atoms with E-state index < -0.39 is 6.23 Å². The smallest absolute Gasteiger partial charge is 0.185 e. The van der Waals surface area contributed by atoms with Gasteiger partial charge in [0.15, 0.2) is 6.23 Å².